The molecule has 1 aromatic carbocycles. The van der Waals surface area contributed by atoms with Crippen molar-refractivity contribution in [2.45, 2.75) is 64.6 Å². The molecule has 0 radical (unpaired) electrons. The molecule has 12 nitrogen and oxygen atoms in total. The Morgan fingerprint density at radius 3 is 2.41 bits per heavy atom. The molecule has 220 valence electrons. The Balaban J connectivity index is 1.73. The minimum atomic E-state index is -1.24. The van der Waals surface area contributed by atoms with E-state index in [9.17, 15) is 33.5 Å². The van der Waals surface area contributed by atoms with Crippen molar-refractivity contribution < 1.29 is 28.7 Å². The van der Waals surface area contributed by atoms with Crippen molar-refractivity contribution in [2.75, 3.05) is 20.6 Å². The monoisotopic (exact) mass is 570 g/mol. The number of hydrogen-bond donors (Lipinski definition) is 4. The molecule has 2 bridgehead atoms. The van der Waals surface area contributed by atoms with Crippen molar-refractivity contribution in [1.82, 2.24) is 30.4 Å². The van der Waals surface area contributed by atoms with Crippen LogP contribution in [0.15, 0.2) is 23.0 Å². The van der Waals surface area contributed by atoms with E-state index in [0.29, 0.717) is 49.8 Å². The number of likely N-dealkylation sites (N-methyl/N-ethyl adjacent to an activating group) is 1. The Labute approximate surface area is 236 Å². The van der Waals surface area contributed by atoms with Crippen molar-refractivity contribution in [3.8, 4) is 5.75 Å². The Hall–Kier alpha value is -4.29. The quantitative estimate of drug-likeness (QED) is 0.358. The highest BCUT2D eigenvalue weighted by molar-refractivity contribution is 6.35. The van der Waals surface area contributed by atoms with Crippen molar-refractivity contribution >= 4 is 23.6 Å². The number of aromatic nitrogens is 2. The van der Waals surface area contributed by atoms with Gasteiger partial charge in [-0.1, -0.05) is 12.1 Å². The van der Waals surface area contributed by atoms with E-state index in [2.05, 4.69) is 20.9 Å². The van der Waals surface area contributed by atoms with Gasteiger partial charge in [0.05, 0.1) is 5.54 Å². The lowest BCUT2D eigenvalue weighted by Crippen LogP contribution is -2.54. The second kappa shape index (κ2) is 11.3. The molecule has 2 aliphatic heterocycles. The van der Waals surface area contributed by atoms with Gasteiger partial charge in [-0.15, -0.1) is 0 Å². The molecule has 41 heavy (non-hydrogen) atoms. The molecule has 5 rings (SSSR count). The third-order valence-corrected chi connectivity index (χ3v) is 8.10. The molecule has 1 aliphatic carbocycles. The number of rotatable bonds is 7. The molecule has 3 heterocycles. The van der Waals surface area contributed by atoms with Crippen LogP contribution in [0.25, 0.3) is 0 Å². The fourth-order valence-corrected chi connectivity index (χ4v) is 5.71. The fourth-order valence-electron chi connectivity index (χ4n) is 5.71. The smallest absolute Gasteiger partial charge is 0.311 e. The largest absolute Gasteiger partial charge is 0.501 e. The third kappa shape index (κ3) is 5.93. The van der Waals surface area contributed by atoms with E-state index in [1.807, 2.05) is 0 Å². The van der Waals surface area contributed by atoms with Crippen LogP contribution in [-0.2, 0) is 33.0 Å². The molecule has 4 N–H and O–H groups in total. The summed E-state index contributed by atoms with van der Waals surface area (Å²) >= 11 is 0. The predicted molar refractivity (Wildman–Crippen MR) is 145 cm³/mol. The highest BCUT2D eigenvalue weighted by Crippen LogP contribution is 2.51. The maximum absolute atomic E-state index is 13.6. The molecule has 0 unspecified atom stereocenters. The summed E-state index contributed by atoms with van der Waals surface area (Å²) in [6.07, 6.45) is 2.27. The Morgan fingerprint density at radius 1 is 1.12 bits per heavy atom. The van der Waals surface area contributed by atoms with E-state index in [1.165, 1.54) is 37.7 Å². The molecular formula is C28H35FN6O6. The number of carbonyl (C=O) groups is 4. The van der Waals surface area contributed by atoms with E-state index < -0.39 is 45.7 Å². The van der Waals surface area contributed by atoms with E-state index in [1.54, 1.807) is 13.0 Å². The number of carbonyl (C=O) groups excluding carboxylic acids is 4. The number of amides is 4. The first-order valence-electron chi connectivity index (χ1n) is 13.4. The third-order valence-electron chi connectivity index (χ3n) is 8.10. The van der Waals surface area contributed by atoms with Gasteiger partial charge >= 0.3 is 11.8 Å². The minimum absolute atomic E-state index is 0.00896. The minimum Gasteiger partial charge on any atom is -0.501 e. The number of benzene rings is 1. The van der Waals surface area contributed by atoms with Crippen LogP contribution in [0, 0.1) is 18.2 Å². The van der Waals surface area contributed by atoms with E-state index in [-0.39, 0.29) is 30.6 Å². The molecule has 1 aromatic heterocycles. The number of halogens is 1. The first-order valence-corrected chi connectivity index (χ1v) is 13.4. The summed E-state index contributed by atoms with van der Waals surface area (Å²) in [6, 6.07) is 4.36. The summed E-state index contributed by atoms with van der Waals surface area (Å²) < 4.78 is 14.9. The zero-order valence-corrected chi connectivity index (χ0v) is 23.6. The number of nitrogens with zero attached hydrogens (tertiary/aromatic N) is 3. The van der Waals surface area contributed by atoms with Crippen LogP contribution in [0.2, 0.25) is 0 Å². The summed E-state index contributed by atoms with van der Waals surface area (Å²) in [6.45, 7) is 3.52. The summed E-state index contributed by atoms with van der Waals surface area (Å²) in [4.78, 5) is 69.2. The van der Waals surface area contributed by atoms with Crippen LogP contribution >= 0.6 is 0 Å². The number of nitrogens with one attached hydrogen (secondary N) is 3. The highest BCUT2D eigenvalue weighted by Gasteiger charge is 2.51. The van der Waals surface area contributed by atoms with Gasteiger partial charge in [0.1, 0.15) is 11.6 Å². The Bertz CT molecular complexity index is 1460. The Kier molecular flexibility index (Phi) is 8.18. The van der Waals surface area contributed by atoms with Crippen LogP contribution in [0.3, 0.4) is 0 Å². The number of fused-ring (bicyclic) bond motifs is 2. The summed E-state index contributed by atoms with van der Waals surface area (Å²) in [7, 11) is 2.89. The molecule has 13 heteroatoms. The first-order chi connectivity index (χ1) is 19.3. The zero-order chi connectivity index (χ0) is 30.1. The molecule has 0 atom stereocenters. The standard InChI is InChI=1S/C28H35FN6O6/c1-16-13-18(5-6-19(16)29)14-31-22(38)20-21(37)24(40)35-15-27(11-12-30-17(2)36)7-9-28(10-8-27,26(35)32-20)33-23(39)25(41)34(3)4/h5-6,13,37H,7-12,14-15H2,1-4H3,(H,30,36)(H,31,38)(H,33,39). The van der Waals surface area contributed by atoms with Crippen LogP contribution in [0.1, 0.15) is 66.5 Å². The van der Waals surface area contributed by atoms with Gasteiger partial charge in [0.15, 0.2) is 5.69 Å². The summed E-state index contributed by atoms with van der Waals surface area (Å²) in [5.74, 6) is -3.82. The topological polar surface area (TPSA) is 163 Å². The average Bonchev–Trinajstić information content (AvgIpc) is 3.13. The average molecular weight is 571 g/mol. The van der Waals surface area contributed by atoms with Crippen molar-refractivity contribution in [3.63, 3.8) is 0 Å². The lowest BCUT2D eigenvalue weighted by atomic mass is 9.67. The SMILES string of the molecule is CC(=O)NCCC12CCC(NC(=O)C(=O)N(C)C)(CC1)c1nc(C(=O)NCc3ccc(F)c(C)c3)c(O)c(=O)n1C2. The van der Waals surface area contributed by atoms with E-state index >= 15 is 0 Å². The molecule has 3 aliphatic rings. The molecule has 2 aromatic rings. The van der Waals surface area contributed by atoms with Gasteiger partial charge in [-0.3, -0.25) is 28.5 Å². The fraction of sp³-hybridized carbons (Fsp3) is 0.500. The lowest BCUT2D eigenvalue weighted by molar-refractivity contribution is -0.145. The van der Waals surface area contributed by atoms with Gasteiger partial charge in [0.2, 0.25) is 11.7 Å². The maximum Gasteiger partial charge on any atom is 0.311 e. The lowest BCUT2D eigenvalue weighted by Gasteiger charge is -2.42. The maximum atomic E-state index is 13.6. The van der Waals surface area contributed by atoms with Crippen LogP contribution in [0.5, 0.6) is 5.75 Å². The van der Waals surface area contributed by atoms with Crippen LogP contribution in [-0.4, -0.2) is 63.8 Å². The van der Waals surface area contributed by atoms with E-state index in [0.717, 1.165) is 4.90 Å². The molecule has 1 fully saturated rings. The number of hydrogen-bond acceptors (Lipinski definition) is 7. The van der Waals surface area contributed by atoms with Crippen molar-refractivity contribution in [1.29, 1.82) is 0 Å². The van der Waals surface area contributed by atoms with Gasteiger partial charge < -0.3 is 26.0 Å². The van der Waals surface area contributed by atoms with E-state index in [4.69, 9.17) is 0 Å². The number of aryl methyl sites for hydroxylation is 1. The molecule has 0 spiro atoms. The summed E-state index contributed by atoms with van der Waals surface area (Å²) in [5, 5.41) is 19.0. The van der Waals surface area contributed by atoms with Gasteiger partial charge in [0.25, 0.3) is 11.5 Å². The van der Waals surface area contributed by atoms with Gasteiger partial charge in [-0.05, 0) is 61.6 Å². The van der Waals surface area contributed by atoms with Crippen LogP contribution < -0.4 is 21.5 Å². The van der Waals surface area contributed by atoms with Crippen LogP contribution in [0.4, 0.5) is 4.39 Å². The zero-order valence-electron chi connectivity index (χ0n) is 23.6. The molecule has 4 amide bonds. The van der Waals surface area contributed by atoms with Gasteiger partial charge in [-0.25, -0.2) is 9.37 Å². The molecular weight excluding hydrogens is 535 g/mol. The molecule has 1 saturated carbocycles. The van der Waals surface area contributed by atoms with Gasteiger partial charge in [0, 0.05) is 40.7 Å². The Morgan fingerprint density at radius 2 is 1.80 bits per heavy atom. The predicted octanol–water partition coefficient (Wildman–Crippen LogP) is 0.826. The van der Waals surface area contributed by atoms with Crippen molar-refractivity contribution in [2.24, 2.45) is 5.41 Å². The molecule has 0 saturated heterocycles. The first kappa shape index (κ1) is 29.7. The summed E-state index contributed by atoms with van der Waals surface area (Å²) in [5.41, 5.74) is -2.04. The van der Waals surface area contributed by atoms with Crippen molar-refractivity contribution in [3.05, 3.63) is 57.0 Å². The highest BCUT2D eigenvalue weighted by atomic mass is 19.1. The second-order valence-corrected chi connectivity index (χ2v) is 11.3. The normalized spacial score (nSPS) is 20.9. The number of aromatic hydroxyl groups is 1. The van der Waals surface area contributed by atoms with Gasteiger partial charge in [-0.2, -0.15) is 0 Å². The second-order valence-electron chi connectivity index (χ2n) is 11.3.